The predicted octanol–water partition coefficient (Wildman–Crippen LogP) is 13.3. The van der Waals surface area contributed by atoms with E-state index in [0.29, 0.717) is 0 Å². The SMILES string of the molecule is Cc1cc2c(c(C)c1C)-c1ccc(N(c3ccc4ccccc4c3)c3cccc4c3-c3ccccc3C4(C)C)cc1C21C2CC3CC(C2)CC1C3. The maximum atomic E-state index is 2.68. The van der Waals surface area contributed by atoms with Crippen molar-refractivity contribution in [1.82, 2.24) is 0 Å². The van der Waals surface area contributed by atoms with Crippen molar-refractivity contribution in [3.8, 4) is 22.3 Å². The normalized spacial score (nSPS) is 25.6. The van der Waals surface area contributed by atoms with Crippen LogP contribution in [0.1, 0.15) is 84.9 Å². The van der Waals surface area contributed by atoms with Gasteiger partial charge in [-0.15, -0.1) is 0 Å². The predicted molar refractivity (Wildman–Crippen MR) is 214 cm³/mol. The lowest BCUT2D eigenvalue weighted by Crippen LogP contribution is -2.55. The van der Waals surface area contributed by atoms with E-state index in [-0.39, 0.29) is 10.8 Å². The second-order valence-corrected chi connectivity index (χ2v) is 17.5. The second-order valence-electron chi connectivity index (χ2n) is 17.5. The summed E-state index contributed by atoms with van der Waals surface area (Å²) < 4.78 is 0. The summed E-state index contributed by atoms with van der Waals surface area (Å²) in [6.45, 7) is 11.9. The molecule has 6 aromatic carbocycles. The molecule has 0 saturated heterocycles. The molecule has 0 N–H and O–H groups in total. The summed E-state index contributed by atoms with van der Waals surface area (Å²) in [6.07, 6.45) is 7.06. The fourth-order valence-corrected chi connectivity index (χ4v) is 12.6. The Kier molecular flexibility index (Phi) is 6.04. The van der Waals surface area contributed by atoms with Crippen LogP contribution in [-0.2, 0) is 10.8 Å². The largest absolute Gasteiger partial charge is 0.310 e. The highest BCUT2D eigenvalue weighted by molar-refractivity contribution is 5.98. The van der Waals surface area contributed by atoms with Gasteiger partial charge in [-0.2, -0.15) is 0 Å². The van der Waals surface area contributed by atoms with Gasteiger partial charge in [-0.05, 0) is 173 Å². The molecule has 252 valence electrons. The van der Waals surface area contributed by atoms with Crippen LogP contribution >= 0.6 is 0 Å². The van der Waals surface area contributed by atoms with E-state index in [9.17, 15) is 0 Å². The molecule has 0 atom stereocenters. The summed E-state index contributed by atoms with van der Waals surface area (Å²) >= 11 is 0. The standard InChI is InChI=1S/C50H47N/c1-29-21-45-47(31(3)30(29)2)41-20-19-39(28-44(41)50(45)36-23-32-22-33(25-36)26-37(50)24-32)51(38-18-17-34-11-6-7-12-35(34)27-38)46-16-10-15-43-48(46)40-13-8-9-14-42(40)49(43,4)5/h6-21,27-28,32-33,36-37H,22-26H2,1-5H3. The minimum absolute atomic E-state index is 0.0613. The summed E-state index contributed by atoms with van der Waals surface area (Å²) in [6, 6.07) is 42.4. The Morgan fingerprint density at radius 3 is 1.94 bits per heavy atom. The molecule has 6 aromatic rings. The maximum Gasteiger partial charge on any atom is 0.0543 e. The van der Waals surface area contributed by atoms with Gasteiger partial charge in [-0.1, -0.05) is 92.7 Å². The van der Waals surface area contributed by atoms with Crippen molar-refractivity contribution in [3.05, 3.63) is 148 Å². The third-order valence-corrected chi connectivity index (χ3v) is 14.8. The van der Waals surface area contributed by atoms with Crippen LogP contribution in [-0.4, -0.2) is 0 Å². The van der Waals surface area contributed by atoms with E-state index >= 15 is 0 Å². The third kappa shape index (κ3) is 3.83. The fraction of sp³-hybridized carbons (Fsp3) is 0.320. The van der Waals surface area contributed by atoms with Gasteiger partial charge < -0.3 is 4.90 Å². The van der Waals surface area contributed by atoms with Crippen LogP contribution in [0.3, 0.4) is 0 Å². The van der Waals surface area contributed by atoms with Crippen molar-refractivity contribution in [2.75, 3.05) is 4.90 Å². The van der Waals surface area contributed by atoms with Crippen LogP contribution in [0.15, 0.2) is 109 Å². The van der Waals surface area contributed by atoms with Crippen molar-refractivity contribution >= 4 is 27.8 Å². The molecule has 1 spiro atoms. The molecule has 0 amide bonds. The molecular weight excluding hydrogens is 615 g/mol. The van der Waals surface area contributed by atoms with Gasteiger partial charge in [0.05, 0.1) is 5.69 Å². The maximum absolute atomic E-state index is 2.68. The number of nitrogens with zero attached hydrogens (tertiary/aromatic N) is 1. The lowest BCUT2D eigenvalue weighted by molar-refractivity contribution is -0.0399. The van der Waals surface area contributed by atoms with Crippen molar-refractivity contribution in [1.29, 1.82) is 0 Å². The molecule has 4 fully saturated rings. The Balaban J connectivity index is 1.20. The smallest absolute Gasteiger partial charge is 0.0543 e. The lowest BCUT2D eigenvalue weighted by Gasteiger charge is -2.61. The van der Waals surface area contributed by atoms with E-state index in [1.54, 1.807) is 16.7 Å². The number of fused-ring (bicyclic) bond motifs is 7. The summed E-state index contributed by atoms with van der Waals surface area (Å²) in [7, 11) is 0. The van der Waals surface area contributed by atoms with Crippen LogP contribution in [0.25, 0.3) is 33.0 Å². The number of rotatable bonds is 3. The van der Waals surface area contributed by atoms with Gasteiger partial charge in [0.25, 0.3) is 0 Å². The van der Waals surface area contributed by atoms with Crippen molar-refractivity contribution < 1.29 is 0 Å². The van der Waals surface area contributed by atoms with Gasteiger partial charge in [0, 0.05) is 27.8 Å². The van der Waals surface area contributed by atoms with E-state index in [1.807, 2.05) is 0 Å². The zero-order valence-electron chi connectivity index (χ0n) is 30.7. The molecule has 0 unspecified atom stereocenters. The Morgan fingerprint density at radius 1 is 0.510 bits per heavy atom. The molecule has 0 heterocycles. The van der Waals surface area contributed by atoms with Gasteiger partial charge in [-0.3, -0.25) is 0 Å². The van der Waals surface area contributed by atoms with Crippen LogP contribution in [0.5, 0.6) is 0 Å². The molecule has 1 heteroatoms. The summed E-state index contributed by atoms with van der Waals surface area (Å²) in [4.78, 5) is 2.61. The Hall–Kier alpha value is -4.62. The minimum atomic E-state index is -0.0613. The van der Waals surface area contributed by atoms with Gasteiger partial charge in [-0.25, -0.2) is 0 Å². The lowest BCUT2D eigenvalue weighted by atomic mass is 9.43. The number of anilines is 3. The fourth-order valence-electron chi connectivity index (χ4n) is 12.6. The number of hydrogen-bond donors (Lipinski definition) is 0. The first kappa shape index (κ1) is 30.0. The van der Waals surface area contributed by atoms with Gasteiger partial charge >= 0.3 is 0 Å². The second kappa shape index (κ2) is 10.3. The van der Waals surface area contributed by atoms with Crippen molar-refractivity contribution in [2.45, 2.75) is 77.6 Å². The number of benzene rings is 6. The molecule has 1 nitrogen and oxygen atoms in total. The van der Waals surface area contributed by atoms with E-state index in [1.165, 1.54) is 104 Å². The van der Waals surface area contributed by atoms with Crippen LogP contribution in [0.4, 0.5) is 17.1 Å². The molecule has 51 heavy (non-hydrogen) atoms. The van der Waals surface area contributed by atoms with E-state index in [0.717, 1.165) is 23.7 Å². The molecule has 0 aliphatic heterocycles. The highest BCUT2D eigenvalue weighted by Gasteiger charge is 2.62. The molecule has 4 bridgehead atoms. The first-order valence-corrected chi connectivity index (χ1v) is 19.5. The van der Waals surface area contributed by atoms with Crippen LogP contribution < -0.4 is 4.90 Å². The summed E-state index contributed by atoms with van der Waals surface area (Å²) in [5.74, 6) is 3.30. The van der Waals surface area contributed by atoms with E-state index in [4.69, 9.17) is 0 Å². The van der Waals surface area contributed by atoms with Gasteiger partial charge in [0.15, 0.2) is 0 Å². The first-order chi connectivity index (χ1) is 24.7. The average Bonchev–Trinajstić information content (AvgIpc) is 3.55. The molecule has 12 rings (SSSR count). The van der Waals surface area contributed by atoms with Gasteiger partial charge in [0.2, 0.25) is 0 Å². The average molecular weight is 662 g/mol. The molecule has 6 aliphatic carbocycles. The van der Waals surface area contributed by atoms with Crippen LogP contribution in [0.2, 0.25) is 0 Å². The van der Waals surface area contributed by atoms with Crippen LogP contribution in [0, 0.1) is 44.4 Å². The van der Waals surface area contributed by atoms with Crippen molar-refractivity contribution in [3.63, 3.8) is 0 Å². The topological polar surface area (TPSA) is 3.24 Å². The zero-order chi connectivity index (χ0) is 34.4. The molecular formula is C50H47N. The molecule has 0 aromatic heterocycles. The van der Waals surface area contributed by atoms with Crippen molar-refractivity contribution in [2.24, 2.45) is 23.7 Å². The quantitative estimate of drug-likeness (QED) is 0.182. The third-order valence-electron chi connectivity index (χ3n) is 14.8. The number of aryl methyl sites for hydroxylation is 1. The zero-order valence-corrected chi connectivity index (χ0v) is 30.7. The Labute approximate surface area is 303 Å². The van der Waals surface area contributed by atoms with E-state index in [2.05, 4.69) is 149 Å². The monoisotopic (exact) mass is 661 g/mol. The summed E-state index contributed by atoms with van der Waals surface area (Å²) in [5, 5.41) is 2.56. The number of hydrogen-bond acceptors (Lipinski definition) is 1. The molecule has 4 saturated carbocycles. The molecule has 0 radical (unpaired) electrons. The van der Waals surface area contributed by atoms with Gasteiger partial charge in [0.1, 0.15) is 0 Å². The first-order valence-electron chi connectivity index (χ1n) is 19.5. The minimum Gasteiger partial charge on any atom is -0.310 e. The summed E-state index contributed by atoms with van der Waals surface area (Å²) in [5.41, 5.74) is 20.2. The Bertz CT molecular complexity index is 2430. The van der Waals surface area contributed by atoms with E-state index < -0.39 is 0 Å². The Morgan fingerprint density at radius 2 is 1.16 bits per heavy atom. The molecule has 6 aliphatic rings. The highest BCUT2D eigenvalue weighted by Crippen LogP contribution is 2.70. The highest BCUT2D eigenvalue weighted by atomic mass is 15.1.